The van der Waals surface area contributed by atoms with Crippen LogP contribution >= 0.6 is 0 Å². The lowest BCUT2D eigenvalue weighted by Gasteiger charge is -2.28. The van der Waals surface area contributed by atoms with Crippen LogP contribution in [-0.2, 0) is 14.3 Å². The molecule has 2 aliphatic heterocycles. The van der Waals surface area contributed by atoms with E-state index in [0.29, 0.717) is 19.7 Å². The standard InChI is InChI=1S/C19H25NO4/c1-4-6-18(21)20-11-17(23-3)19(13-20)10-15(12-24-19)14-7-5-8-16(9-14)22-2/h4-9,15,17H,10-13H2,1-3H3/b6-4+/t15-,17+,19+/m0/s1. The SMILES string of the molecule is C/C=C/C(=O)N1C[C@@H](OC)[C@@]2(C[C@H](c3cccc(OC)c3)CO2)C1. The predicted molar refractivity (Wildman–Crippen MR) is 91.2 cm³/mol. The molecule has 5 nitrogen and oxygen atoms in total. The van der Waals surface area contributed by atoms with Gasteiger partial charge in [0.2, 0.25) is 5.91 Å². The maximum absolute atomic E-state index is 12.2. The highest BCUT2D eigenvalue weighted by Gasteiger charge is 2.53. The van der Waals surface area contributed by atoms with Crippen molar-refractivity contribution in [2.45, 2.75) is 31.0 Å². The number of ether oxygens (including phenoxy) is 3. The Morgan fingerprint density at radius 3 is 2.96 bits per heavy atom. The quantitative estimate of drug-likeness (QED) is 0.795. The van der Waals surface area contributed by atoms with Crippen LogP contribution < -0.4 is 4.74 Å². The summed E-state index contributed by atoms with van der Waals surface area (Å²) in [5.74, 6) is 1.16. The highest BCUT2D eigenvalue weighted by atomic mass is 16.6. The van der Waals surface area contributed by atoms with Crippen molar-refractivity contribution < 1.29 is 19.0 Å². The maximum atomic E-state index is 12.2. The third-order valence-electron chi connectivity index (χ3n) is 5.07. The van der Waals surface area contributed by atoms with Crippen LogP contribution in [0, 0.1) is 0 Å². The third kappa shape index (κ3) is 3.06. The Hall–Kier alpha value is -1.85. The molecule has 24 heavy (non-hydrogen) atoms. The van der Waals surface area contributed by atoms with Gasteiger partial charge in [0, 0.05) is 13.0 Å². The summed E-state index contributed by atoms with van der Waals surface area (Å²) in [6.45, 7) is 3.64. The van der Waals surface area contributed by atoms with Gasteiger partial charge in [-0.3, -0.25) is 4.79 Å². The first kappa shape index (κ1) is 17.0. The van der Waals surface area contributed by atoms with Crippen molar-refractivity contribution in [2.75, 3.05) is 33.9 Å². The highest BCUT2D eigenvalue weighted by Crippen LogP contribution is 2.43. The maximum Gasteiger partial charge on any atom is 0.246 e. The molecular weight excluding hydrogens is 306 g/mol. The van der Waals surface area contributed by atoms with Crippen LogP contribution in [0.15, 0.2) is 36.4 Å². The highest BCUT2D eigenvalue weighted by molar-refractivity contribution is 5.87. The number of hydrogen-bond donors (Lipinski definition) is 0. The number of benzene rings is 1. The second kappa shape index (κ2) is 6.95. The van der Waals surface area contributed by atoms with Crippen LogP contribution in [0.4, 0.5) is 0 Å². The first-order chi connectivity index (χ1) is 11.6. The second-order valence-electron chi connectivity index (χ2n) is 6.50. The lowest BCUT2D eigenvalue weighted by atomic mass is 9.87. The van der Waals surface area contributed by atoms with Crippen molar-refractivity contribution in [1.29, 1.82) is 0 Å². The number of allylic oxidation sites excluding steroid dienone is 1. The Morgan fingerprint density at radius 2 is 2.25 bits per heavy atom. The fourth-order valence-corrected chi connectivity index (χ4v) is 3.81. The van der Waals surface area contributed by atoms with Gasteiger partial charge in [0.25, 0.3) is 0 Å². The zero-order valence-corrected chi connectivity index (χ0v) is 14.5. The van der Waals surface area contributed by atoms with Gasteiger partial charge in [0.1, 0.15) is 17.5 Å². The smallest absolute Gasteiger partial charge is 0.246 e. The number of methoxy groups -OCH3 is 2. The minimum Gasteiger partial charge on any atom is -0.497 e. The average molecular weight is 331 g/mol. The number of carbonyl (C=O) groups excluding carboxylic acids is 1. The molecule has 3 atom stereocenters. The van der Waals surface area contributed by atoms with E-state index in [1.807, 2.05) is 24.0 Å². The van der Waals surface area contributed by atoms with Gasteiger partial charge in [-0.1, -0.05) is 18.2 Å². The largest absolute Gasteiger partial charge is 0.497 e. The summed E-state index contributed by atoms with van der Waals surface area (Å²) in [4.78, 5) is 14.0. The summed E-state index contributed by atoms with van der Waals surface area (Å²) in [6, 6.07) is 8.12. The summed E-state index contributed by atoms with van der Waals surface area (Å²) in [5, 5.41) is 0. The molecule has 1 aromatic carbocycles. The van der Waals surface area contributed by atoms with Gasteiger partial charge in [-0.05, 0) is 37.1 Å². The first-order valence-electron chi connectivity index (χ1n) is 8.34. The molecule has 5 heteroatoms. The van der Waals surface area contributed by atoms with Crippen LogP contribution in [-0.4, -0.2) is 56.4 Å². The number of likely N-dealkylation sites (tertiary alicyclic amines) is 1. The van der Waals surface area contributed by atoms with E-state index in [0.717, 1.165) is 12.2 Å². The normalized spacial score (nSPS) is 29.7. The number of carbonyl (C=O) groups is 1. The Morgan fingerprint density at radius 1 is 1.42 bits per heavy atom. The number of rotatable bonds is 4. The summed E-state index contributed by atoms with van der Waals surface area (Å²) in [6.07, 6.45) is 4.12. The molecule has 0 aliphatic carbocycles. The van der Waals surface area contributed by atoms with Gasteiger partial charge in [-0.2, -0.15) is 0 Å². The van der Waals surface area contributed by atoms with E-state index in [4.69, 9.17) is 14.2 Å². The Labute approximate surface area is 143 Å². The van der Waals surface area contributed by atoms with Crippen LogP contribution in [0.3, 0.4) is 0 Å². The molecule has 2 heterocycles. The van der Waals surface area contributed by atoms with Gasteiger partial charge < -0.3 is 19.1 Å². The van der Waals surface area contributed by atoms with Crippen LogP contribution in [0.2, 0.25) is 0 Å². The molecule has 1 aromatic rings. The molecule has 3 rings (SSSR count). The number of hydrogen-bond acceptors (Lipinski definition) is 4. The van der Waals surface area contributed by atoms with Crippen molar-refractivity contribution in [2.24, 2.45) is 0 Å². The van der Waals surface area contributed by atoms with Gasteiger partial charge in [0.15, 0.2) is 0 Å². The summed E-state index contributed by atoms with van der Waals surface area (Å²) in [7, 11) is 3.37. The molecule has 0 N–H and O–H groups in total. The summed E-state index contributed by atoms with van der Waals surface area (Å²) >= 11 is 0. The van der Waals surface area contributed by atoms with Crippen molar-refractivity contribution in [3.05, 3.63) is 42.0 Å². The summed E-state index contributed by atoms with van der Waals surface area (Å²) in [5.41, 5.74) is 0.791. The van der Waals surface area contributed by atoms with E-state index in [-0.39, 0.29) is 17.9 Å². The fourth-order valence-electron chi connectivity index (χ4n) is 3.81. The molecule has 0 unspecified atom stereocenters. The molecule has 1 amide bonds. The molecule has 2 saturated heterocycles. The zero-order chi connectivity index (χ0) is 17.2. The monoisotopic (exact) mass is 331 g/mol. The van der Waals surface area contributed by atoms with Crippen molar-refractivity contribution >= 4 is 5.91 Å². The van der Waals surface area contributed by atoms with E-state index in [2.05, 4.69) is 12.1 Å². The topological polar surface area (TPSA) is 48.0 Å². The Balaban J connectivity index is 1.77. The van der Waals surface area contributed by atoms with Crippen LogP contribution in [0.1, 0.15) is 24.8 Å². The van der Waals surface area contributed by atoms with Gasteiger partial charge in [-0.15, -0.1) is 0 Å². The van der Waals surface area contributed by atoms with E-state index in [9.17, 15) is 4.79 Å². The molecule has 0 aromatic heterocycles. The fraction of sp³-hybridized carbons (Fsp3) is 0.526. The van der Waals surface area contributed by atoms with Crippen LogP contribution in [0.5, 0.6) is 5.75 Å². The number of amides is 1. The van der Waals surface area contributed by atoms with Crippen LogP contribution in [0.25, 0.3) is 0 Å². The van der Waals surface area contributed by atoms with E-state index >= 15 is 0 Å². The lowest BCUT2D eigenvalue weighted by Crippen LogP contribution is -2.42. The third-order valence-corrected chi connectivity index (χ3v) is 5.07. The molecule has 2 aliphatic rings. The molecule has 0 bridgehead atoms. The van der Waals surface area contributed by atoms with Gasteiger partial charge in [0.05, 0.1) is 26.8 Å². The van der Waals surface area contributed by atoms with Crippen molar-refractivity contribution in [1.82, 2.24) is 4.90 Å². The molecule has 130 valence electrons. The molecule has 2 fully saturated rings. The minimum atomic E-state index is -0.417. The van der Waals surface area contributed by atoms with Gasteiger partial charge in [-0.25, -0.2) is 0 Å². The van der Waals surface area contributed by atoms with Gasteiger partial charge >= 0.3 is 0 Å². The van der Waals surface area contributed by atoms with E-state index in [1.165, 1.54) is 5.56 Å². The van der Waals surface area contributed by atoms with Crippen molar-refractivity contribution in [3.8, 4) is 5.75 Å². The predicted octanol–water partition coefficient (Wildman–Crippen LogP) is 2.37. The second-order valence-corrected chi connectivity index (χ2v) is 6.50. The van der Waals surface area contributed by atoms with E-state index < -0.39 is 5.60 Å². The Kier molecular flexibility index (Phi) is 4.92. The average Bonchev–Trinajstić information content (AvgIpc) is 3.20. The molecule has 1 spiro atoms. The lowest BCUT2D eigenvalue weighted by molar-refractivity contribution is -0.126. The number of nitrogens with zero attached hydrogens (tertiary/aromatic N) is 1. The zero-order valence-electron chi connectivity index (χ0n) is 14.5. The Bertz CT molecular complexity index is 630. The molecular formula is C19H25NO4. The van der Waals surface area contributed by atoms with Crippen molar-refractivity contribution in [3.63, 3.8) is 0 Å². The first-order valence-corrected chi connectivity index (χ1v) is 8.34. The van der Waals surface area contributed by atoms with E-state index in [1.54, 1.807) is 26.4 Å². The molecule has 0 saturated carbocycles. The molecule has 0 radical (unpaired) electrons. The summed E-state index contributed by atoms with van der Waals surface area (Å²) < 4.78 is 17.2. The minimum absolute atomic E-state index is 0.0184.